The van der Waals surface area contributed by atoms with E-state index in [-0.39, 0.29) is 0 Å². The van der Waals surface area contributed by atoms with E-state index in [0.29, 0.717) is 6.61 Å². The Hall–Kier alpha value is -1.85. The molecule has 0 radical (unpaired) electrons. The predicted octanol–water partition coefficient (Wildman–Crippen LogP) is 2.38. The van der Waals surface area contributed by atoms with E-state index in [4.69, 9.17) is 9.47 Å². The highest BCUT2D eigenvalue weighted by Crippen LogP contribution is 2.14. The second-order valence-electron chi connectivity index (χ2n) is 5.03. The number of ether oxygens (including phenoxy) is 2. The van der Waals surface area contributed by atoms with Crippen molar-refractivity contribution in [3.05, 3.63) is 47.5 Å². The molecule has 1 heterocycles. The highest BCUT2D eigenvalue weighted by molar-refractivity contribution is 5.27. The molecule has 1 aromatic carbocycles. The Labute approximate surface area is 125 Å². The first-order valence-electron chi connectivity index (χ1n) is 7.06. The van der Waals surface area contributed by atoms with Crippen LogP contribution in [0.4, 0.5) is 0 Å². The fourth-order valence-electron chi connectivity index (χ4n) is 2.18. The number of imidazole rings is 1. The minimum Gasteiger partial charge on any atom is -0.497 e. The van der Waals surface area contributed by atoms with Crippen molar-refractivity contribution in [2.75, 3.05) is 27.4 Å². The number of rotatable bonds is 8. The van der Waals surface area contributed by atoms with Crippen molar-refractivity contribution in [3.8, 4) is 5.75 Å². The van der Waals surface area contributed by atoms with E-state index in [9.17, 15) is 0 Å². The van der Waals surface area contributed by atoms with Crippen molar-refractivity contribution in [3.63, 3.8) is 0 Å². The normalized spacial score (nSPS) is 11.0. The molecule has 114 valence electrons. The van der Waals surface area contributed by atoms with Crippen LogP contribution < -0.4 is 4.74 Å². The van der Waals surface area contributed by atoms with E-state index < -0.39 is 0 Å². The molecule has 5 nitrogen and oxygen atoms in total. The summed E-state index contributed by atoms with van der Waals surface area (Å²) in [5.41, 5.74) is 3.45. The summed E-state index contributed by atoms with van der Waals surface area (Å²) < 4.78 is 10.4. The fraction of sp³-hybridized carbons (Fsp3) is 0.438. The molecule has 0 fully saturated rings. The van der Waals surface area contributed by atoms with Crippen molar-refractivity contribution < 1.29 is 9.47 Å². The van der Waals surface area contributed by atoms with E-state index in [2.05, 4.69) is 27.0 Å². The van der Waals surface area contributed by atoms with Gasteiger partial charge in [0, 0.05) is 32.4 Å². The minimum atomic E-state index is 0.708. The van der Waals surface area contributed by atoms with Gasteiger partial charge in [0.2, 0.25) is 0 Å². The summed E-state index contributed by atoms with van der Waals surface area (Å²) in [6.45, 7) is 5.29. The number of hydrogen-bond acceptors (Lipinski definition) is 4. The first-order chi connectivity index (χ1) is 10.2. The number of hydrogen-bond donors (Lipinski definition) is 1. The maximum absolute atomic E-state index is 5.21. The highest BCUT2D eigenvalue weighted by Gasteiger charge is 2.10. The van der Waals surface area contributed by atoms with Gasteiger partial charge in [-0.1, -0.05) is 12.1 Å². The van der Waals surface area contributed by atoms with Gasteiger partial charge in [0.15, 0.2) is 0 Å². The van der Waals surface area contributed by atoms with Crippen LogP contribution in [0.15, 0.2) is 30.6 Å². The third-order valence-corrected chi connectivity index (χ3v) is 3.48. The van der Waals surface area contributed by atoms with Crippen LogP contribution in [0.1, 0.15) is 17.0 Å². The van der Waals surface area contributed by atoms with Crippen LogP contribution in [0.5, 0.6) is 5.75 Å². The summed E-state index contributed by atoms with van der Waals surface area (Å²) in [5, 5.41) is 0. The first-order valence-corrected chi connectivity index (χ1v) is 7.06. The molecule has 1 N–H and O–H groups in total. The zero-order valence-corrected chi connectivity index (χ0v) is 12.9. The van der Waals surface area contributed by atoms with Gasteiger partial charge < -0.3 is 14.5 Å². The summed E-state index contributed by atoms with van der Waals surface area (Å²) in [6, 6.07) is 8.17. The zero-order valence-electron chi connectivity index (χ0n) is 12.9. The summed E-state index contributed by atoms with van der Waals surface area (Å²) in [7, 11) is 3.41. The quantitative estimate of drug-likeness (QED) is 0.810. The summed E-state index contributed by atoms with van der Waals surface area (Å²) in [6.07, 6.45) is 1.74. The smallest absolute Gasteiger partial charge is 0.118 e. The van der Waals surface area contributed by atoms with E-state index >= 15 is 0 Å². The third-order valence-electron chi connectivity index (χ3n) is 3.48. The molecule has 0 aliphatic heterocycles. The largest absolute Gasteiger partial charge is 0.497 e. The van der Waals surface area contributed by atoms with Gasteiger partial charge in [-0.3, -0.25) is 4.90 Å². The SMILES string of the molecule is COCCN(Cc1ccc(OC)cc1)Cc1nc[nH]c1C. The lowest BCUT2D eigenvalue weighted by Crippen LogP contribution is -2.27. The standard InChI is InChI=1S/C16H23N3O2/c1-13-16(18-12-17-13)11-19(8-9-20-2)10-14-4-6-15(21-3)7-5-14/h4-7,12H,8-11H2,1-3H3,(H,17,18). The van der Waals surface area contributed by atoms with Gasteiger partial charge >= 0.3 is 0 Å². The number of aromatic nitrogens is 2. The second-order valence-corrected chi connectivity index (χ2v) is 5.03. The molecular formula is C16H23N3O2. The van der Waals surface area contributed by atoms with Gasteiger partial charge in [0.05, 0.1) is 25.7 Å². The van der Waals surface area contributed by atoms with Crippen LogP contribution in [0.25, 0.3) is 0 Å². The first kappa shape index (κ1) is 15.5. The molecule has 0 amide bonds. The molecule has 1 aromatic heterocycles. The lowest BCUT2D eigenvalue weighted by atomic mass is 10.2. The van der Waals surface area contributed by atoms with Crippen LogP contribution in [0, 0.1) is 6.92 Å². The van der Waals surface area contributed by atoms with Crippen LogP contribution in [0.3, 0.4) is 0 Å². The van der Waals surface area contributed by atoms with Crippen molar-refractivity contribution in [2.45, 2.75) is 20.0 Å². The van der Waals surface area contributed by atoms with Gasteiger partial charge in [-0.2, -0.15) is 0 Å². The van der Waals surface area contributed by atoms with Crippen LogP contribution in [-0.4, -0.2) is 42.2 Å². The van der Waals surface area contributed by atoms with Gasteiger partial charge in [0.1, 0.15) is 5.75 Å². The zero-order chi connectivity index (χ0) is 15.1. The van der Waals surface area contributed by atoms with Gasteiger partial charge in [-0.05, 0) is 24.6 Å². The number of aromatic amines is 1. The Balaban J connectivity index is 2.02. The number of H-pyrrole nitrogens is 1. The lowest BCUT2D eigenvalue weighted by molar-refractivity contribution is 0.139. The molecule has 5 heteroatoms. The van der Waals surface area contributed by atoms with E-state index in [1.807, 2.05) is 19.1 Å². The Morgan fingerprint density at radius 3 is 2.48 bits per heavy atom. The molecule has 0 aliphatic rings. The minimum absolute atomic E-state index is 0.708. The maximum Gasteiger partial charge on any atom is 0.118 e. The monoisotopic (exact) mass is 289 g/mol. The van der Waals surface area contributed by atoms with Crippen molar-refractivity contribution in [2.24, 2.45) is 0 Å². The highest BCUT2D eigenvalue weighted by atomic mass is 16.5. The molecule has 2 aromatic rings. The Kier molecular flexibility index (Phi) is 5.78. The van der Waals surface area contributed by atoms with E-state index in [1.165, 1.54) is 5.56 Å². The van der Waals surface area contributed by atoms with Gasteiger partial charge in [-0.25, -0.2) is 4.98 Å². The molecule has 0 spiro atoms. The molecular weight excluding hydrogens is 266 g/mol. The number of nitrogens with one attached hydrogen (secondary N) is 1. The van der Waals surface area contributed by atoms with Crippen LogP contribution in [0.2, 0.25) is 0 Å². The van der Waals surface area contributed by atoms with E-state index in [1.54, 1.807) is 20.5 Å². The Morgan fingerprint density at radius 2 is 1.90 bits per heavy atom. The van der Waals surface area contributed by atoms with Gasteiger partial charge in [-0.15, -0.1) is 0 Å². The Morgan fingerprint density at radius 1 is 1.14 bits per heavy atom. The van der Waals surface area contributed by atoms with Crippen molar-refractivity contribution in [1.82, 2.24) is 14.9 Å². The average molecular weight is 289 g/mol. The molecule has 0 atom stereocenters. The van der Waals surface area contributed by atoms with Crippen LogP contribution in [-0.2, 0) is 17.8 Å². The predicted molar refractivity (Wildman–Crippen MR) is 82.3 cm³/mol. The van der Waals surface area contributed by atoms with Crippen molar-refractivity contribution in [1.29, 1.82) is 0 Å². The van der Waals surface area contributed by atoms with E-state index in [0.717, 1.165) is 36.8 Å². The molecule has 0 saturated carbocycles. The van der Waals surface area contributed by atoms with Crippen molar-refractivity contribution >= 4 is 0 Å². The third kappa shape index (κ3) is 4.58. The number of aryl methyl sites for hydroxylation is 1. The molecule has 2 rings (SSSR count). The molecule has 21 heavy (non-hydrogen) atoms. The maximum atomic E-state index is 5.21. The number of benzene rings is 1. The second kappa shape index (κ2) is 7.81. The summed E-state index contributed by atoms with van der Waals surface area (Å²) in [4.78, 5) is 9.83. The molecule has 0 bridgehead atoms. The Bertz CT molecular complexity index is 537. The molecule has 0 aliphatic carbocycles. The molecule has 0 saturated heterocycles. The molecule has 0 unspecified atom stereocenters. The average Bonchev–Trinajstić information content (AvgIpc) is 2.91. The lowest BCUT2D eigenvalue weighted by Gasteiger charge is -2.21. The summed E-state index contributed by atoms with van der Waals surface area (Å²) >= 11 is 0. The fourth-order valence-corrected chi connectivity index (χ4v) is 2.18. The topological polar surface area (TPSA) is 50.4 Å². The number of methoxy groups -OCH3 is 2. The number of nitrogens with zero attached hydrogens (tertiary/aromatic N) is 2. The van der Waals surface area contributed by atoms with Gasteiger partial charge in [0.25, 0.3) is 0 Å². The van der Waals surface area contributed by atoms with Crippen LogP contribution >= 0.6 is 0 Å². The summed E-state index contributed by atoms with van der Waals surface area (Å²) in [5.74, 6) is 0.880.